The molecule has 0 aromatic heterocycles. The van der Waals surface area contributed by atoms with Crippen LogP contribution in [0.4, 0.5) is 0 Å². The van der Waals surface area contributed by atoms with E-state index < -0.39 is 0 Å². The molecule has 1 atom stereocenters. The van der Waals surface area contributed by atoms with E-state index in [0.29, 0.717) is 5.75 Å². The summed E-state index contributed by atoms with van der Waals surface area (Å²) in [5.41, 5.74) is 0. The van der Waals surface area contributed by atoms with E-state index in [1.54, 1.807) is 12.1 Å². The summed E-state index contributed by atoms with van der Waals surface area (Å²) in [5.74, 6) is 0.769. The summed E-state index contributed by atoms with van der Waals surface area (Å²) in [6.45, 7) is 4.43. The lowest BCUT2D eigenvalue weighted by atomic mass is 10.2. The third-order valence-corrected chi connectivity index (χ3v) is 3.02. The first-order valence-corrected chi connectivity index (χ1v) is 6.09. The number of phenols is 1. The van der Waals surface area contributed by atoms with E-state index in [-0.39, 0.29) is 24.3 Å². The standard InChI is InChI=1S/C13H18N2O3/c1-10-8-14-6-7-15(10)13(17)9-18-12-4-2-11(16)3-5-12/h2-5,10,14,16H,6-9H2,1H3/t10-/m0/s1. The Morgan fingerprint density at radius 2 is 2.22 bits per heavy atom. The van der Waals surface area contributed by atoms with E-state index in [1.807, 2.05) is 11.8 Å². The molecule has 0 spiro atoms. The molecular weight excluding hydrogens is 232 g/mol. The van der Waals surface area contributed by atoms with Crippen LogP contribution in [0.1, 0.15) is 6.92 Å². The summed E-state index contributed by atoms with van der Waals surface area (Å²) in [4.78, 5) is 13.8. The predicted octanol–water partition coefficient (Wildman–Crippen LogP) is 0.591. The number of ether oxygens (including phenoxy) is 1. The summed E-state index contributed by atoms with van der Waals surface area (Å²) in [6.07, 6.45) is 0. The van der Waals surface area contributed by atoms with Gasteiger partial charge in [0.15, 0.2) is 6.61 Å². The SMILES string of the molecule is C[C@H]1CNCCN1C(=O)COc1ccc(O)cc1. The highest BCUT2D eigenvalue weighted by Gasteiger charge is 2.22. The minimum Gasteiger partial charge on any atom is -0.508 e. The lowest BCUT2D eigenvalue weighted by molar-refractivity contribution is -0.136. The van der Waals surface area contributed by atoms with Gasteiger partial charge in [-0.3, -0.25) is 4.79 Å². The van der Waals surface area contributed by atoms with Gasteiger partial charge in [-0.25, -0.2) is 0 Å². The van der Waals surface area contributed by atoms with Gasteiger partial charge in [0.2, 0.25) is 0 Å². The zero-order valence-electron chi connectivity index (χ0n) is 10.4. The van der Waals surface area contributed by atoms with Gasteiger partial charge in [-0.05, 0) is 31.2 Å². The Hall–Kier alpha value is -1.75. The number of amides is 1. The molecule has 1 aromatic rings. The lowest BCUT2D eigenvalue weighted by Gasteiger charge is -2.33. The highest BCUT2D eigenvalue weighted by atomic mass is 16.5. The Morgan fingerprint density at radius 1 is 1.50 bits per heavy atom. The van der Waals surface area contributed by atoms with E-state index in [1.165, 1.54) is 12.1 Å². The Bertz CT molecular complexity index is 405. The number of rotatable bonds is 3. The second-order valence-electron chi connectivity index (χ2n) is 4.42. The summed E-state index contributed by atoms with van der Waals surface area (Å²) in [5, 5.41) is 12.4. The first-order valence-electron chi connectivity index (χ1n) is 6.09. The fraction of sp³-hybridized carbons (Fsp3) is 0.462. The van der Waals surface area contributed by atoms with E-state index in [0.717, 1.165) is 19.6 Å². The fourth-order valence-corrected chi connectivity index (χ4v) is 1.98. The molecule has 1 aliphatic heterocycles. The van der Waals surface area contributed by atoms with Gasteiger partial charge in [0.25, 0.3) is 5.91 Å². The Kier molecular flexibility index (Phi) is 4.04. The largest absolute Gasteiger partial charge is 0.508 e. The van der Waals surface area contributed by atoms with Gasteiger partial charge >= 0.3 is 0 Å². The molecule has 98 valence electrons. The Labute approximate surface area is 106 Å². The molecule has 5 nitrogen and oxygen atoms in total. The van der Waals surface area contributed by atoms with Crippen LogP contribution in [0.25, 0.3) is 0 Å². The zero-order valence-corrected chi connectivity index (χ0v) is 10.4. The van der Waals surface area contributed by atoms with Crippen LogP contribution in [-0.2, 0) is 4.79 Å². The minimum atomic E-state index is -0.00271. The number of piperazine rings is 1. The second-order valence-corrected chi connectivity index (χ2v) is 4.42. The highest BCUT2D eigenvalue weighted by molar-refractivity contribution is 5.78. The van der Waals surface area contributed by atoms with Crippen molar-refractivity contribution in [2.45, 2.75) is 13.0 Å². The number of hydrogen-bond acceptors (Lipinski definition) is 4. The van der Waals surface area contributed by atoms with E-state index in [9.17, 15) is 4.79 Å². The smallest absolute Gasteiger partial charge is 0.260 e. The van der Waals surface area contributed by atoms with Crippen molar-refractivity contribution in [1.29, 1.82) is 0 Å². The van der Waals surface area contributed by atoms with Gasteiger partial charge in [-0.15, -0.1) is 0 Å². The molecule has 0 radical (unpaired) electrons. The van der Waals surface area contributed by atoms with Gasteiger partial charge in [-0.2, -0.15) is 0 Å². The number of phenolic OH excluding ortho intramolecular Hbond substituents is 1. The molecule has 0 unspecified atom stereocenters. The summed E-state index contributed by atoms with van der Waals surface area (Å²) in [7, 11) is 0. The predicted molar refractivity (Wildman–Crippen MR) is 67.6 cm³/mol. The molecule has 0 bridgehead atoms. The van der Waals surface area contributed by atoms with Gasteiger partial charge in [0, 0.05) is 25.7 Å². The molecule has 5 heteroatoms. The van der Waals surface area contributed by atoms with Crippen molar-refractivity contribution in [1.82, 2.24) is 10.2 Å². The maximum absolute atomic E-state index is 12.0. The molecule has 18 heavy (non-hydrogen) atoms. The third kappa shape index (κ3) is 3.13. The van der Waals surface area contributed by atoms with Crippen molar-refractivity contribution < 1.29 is 14.6 Å². The third-order valence-electron chi connectivity index (χ3n) is 3.02. The normalized spacial score (nSPS) is 19.6. The van der Waals surface area contributed by atoms with Crippen molar-refractivity contribution in [2.24, 2.45) is 0 Å². The van der Waals surface area contributed by atoms with Crippen LogP contribution in [0.5, 0.6) is 11.5 Å². The van der Waals surface area contributed by atoms with Crippen LogP contribution in [-0.4, -0.2) is 48.2 Å². The average molecular weight is 250 g/mol. The van der Waals surface area contributed by atoms with E-state index >= 15 is 0 Å². The van der Waals surface area contributed by atoms with E-state index in [2.05, 4.69) is 5.32 Å². The zero-order chi connectivity index (χ0) is 13.0. The summed E-state index contributed by atoms with van der Waals surface area (Å²) >= 11 is 0. The molecule has 1 aliphatic rings. The molecule has 1 amide bonds. The van der Waals surface area contributed by atoms with Crippen molar-refractivity contribution in [3.05, 3.63) is 24.3 Å². The number of benzene rings is 1. The molecule has 1 fully saturated rings. The first kappa shape index (κ1) is 12.7. The molecule has 0 aliphatic carbocycles. The minimum absolute atomic E-state index is 0.00271. The quantitative estimate of drug-likeness (QED) is 0.824. The van der Waals surface area contributed by atoms with Crippen LogP contribution in [0.3, 0.4) is 0 Å². The Morgan fingerprint density at radius 3 is 2.89 bits per heavy atom. The van der Waals surface area contributed by atoms with Crippen LogP contribution in [0, 0.1) is 0 Å². The van der Waals surface area contributed by atoms with Gasteiger partial charge < -0.3 is 20.1 Å². The Balaban J connectivity index is 1.85. The van der Waals surface area contributed by atoms with Crippen molar-refractivity contribution >= 4 is 5.91 Å². The summed E-state index contributed by atoms with van der Waals surface area (Å²) in [6, 6.07) is 6.56. The van der Waals surface area contributed by atoms with Crippen molar-refractivity contribution in [2.75, 3.05) is 26.2 Å². The number of nitrogens with one attached hydrogen (secondary N) is 1. The number of nitrogens with zero attached hydrogens (tertiary/aromatic N) is 1. The van der Waals surface area contributed by atoms with Crippen LogP contribution in [0.2, 0.25) is 0 Å². The maximum Gasteiger partial charge on any atom is 0.260 e. The van der Waals surface area contributed by atoms with Gasteiger partial charge in [0.05, 0.1) is 0 Å². The molecule has 2 N–H and O–H groups in total. The molecule has 1 aromatic carbocycles. The maximum atomic E-state index is 12.0. The summed E-state index contributed by atoms with van der Waals surface area (Å²) < 4.78 is 5.40. The van der Waals surface area contributed by atoms with E-state index in [4.69, 9.17) is 9.84 Å². The van der Waals surface area contributed by atoms with Crippen LogP contribution < -0.4 is 10.1 Å². The molecule has 2 rings (SSSR count). The molecule has 1 saturated heterocycles. The van der Waals surface area contributed by atoms with Crippen molar-refractivity contribution in [3.8, 4) is 11.5 Å². The number of aromatic hydroxyl groups is 1. The molecule has 1 heterocycles. The average Bonchev–Trinajstić information content (AvgIpc) is 2.38. The molecular formula is C13H18N2O3. The topological polar surface area (TPSA) is 61.8 Å². The number of carbonyl (C=O) groups excluding carboxylic acids is 1. The van der Waals surface area contributed by atoms with Crippen LogP contribution >= 0.6 is 0 Å². The molecule has 0 saturated carbocycles. The lowest BCUT2D eigenvalue weighted by Crippen LogP contribution is -2.53. The van der Waals surface area contributed by atoms with Gasteiger partial charge in [0.1, 0.15) is 11.5 Å². The highest BCUT2D eigenvalue weighted by Crippen LogP contribution is 2.16. The van der Waals surface area contributed by atoms with Crippen molar-refractivity contribution in [3.63, 3.8) is 0 Å². The van der Waals surface area contributed by atoms with Gasteiger partial charge in [-0.1, -0.05) is 0 Å². The fourth-order valence-electron chi connectivity index (χ4n) is 1.98. The first-order chi connectivity index (χ1) is 8.66. The number of hydrogen-bond donors (Lipinski definition) is 2. The second kappa shape index (κ2) is 5.73. The number of carbonyl (C=O) groups is 1. The monoisotopic (exact) mass is 250 g/mol. The van der Waals surface area contributed by atoms with Crippen LogP contribution in [0.15, 0.2) is 24.3 Å².